The number of nitrogen functional groups attached to an aromatic ring is 1. The van der Waals surface area contributed by atoms with Crippen LogP contribution in [-0.4, -0.2) is 35.2 Å². The van der Waals surface area contributed by atoms with E-state index in [-0.39, 0.29) is 17.7 Å². The van der Waals surface area contributed by atoms with Crippen LogP contribution in [0.1, 0.15) is 30.1 Å². The van der Waals surface area contributed by atoms with Crippen LogP contribution < -0.4 is 16.4 Å². The molecule has 2 aromatic carbocycles. The number of hydrogen-bond acceptors (Lipinski definition) is 5. The van der Waals surface area contributed by atoms with Gasteiger partial charge in [0.15, 0.2) is 0 Å². The number of benzene rings is 2. The number of nitrogens with two attached hydrogens (primary N) is 1. The van der Waals surface area contributed by atoms with E-state index in [0.717, 1.165) is 16.9 Å². The maximum atomic E-state index is 12.7. The van der Waals surface area contributed by atoms with Crippen molar-refractivity contribution < 1.29 is 14.4 Å². The van der Waals surface area contributed by atoms with Gasteiger partial charge in [0.1, 0.15) is 6.04 Å². The van der Waals surface area contributed by atoms with Crippen molar-refractivity contribution in [3.05, 3.63) is 65.5 Å². The monoisotopic (exact) mass is 448 g/mol. The van der Waals surface area contributed by atoms with Crippen molar-refractivity contribution in [1.82, 2.24) is 4.90 Å². The van der Waals surface area contributed by atoms with E-state index in [9.17, 15) is 14.4 Å². The number of thiophene rings is 1. The quantitative estimate of drug-likeness (QED) is 0.492. The fourth-order valence-corrected chi connectivity index (χ4v) is 4.35. The Kier molecular flexibility index (Phi) is 6.23. The molecule has 2 heterocycles. The SMILES string of the molecule is CC(C(=O)Nc1ccc(C(=O)Nc2cc(-c3cccs3)ccc2N)cc1)N1CCCC1=O. The van der Waals surface area contributed by atoms with E-state index in [1.807, 2.05) is 29.6 Å². The molecule has 4 rings (SSSR count). The molecule has 8 heteroatoms. The first-order valence-corrected chi connectivity index (χ1v) is 11.3. The van der Waals surface area contributed by atoms with Gasteiger partial charge in [-0.2, -0.15) is 0 Å². The molecule has 1 aliphatic rings. The Hall–Kier alpha value is -3.65. The number of rotatable bonds is 6. The summed E-state index contributed by atoms with van der Waals surface area (Å²) in [5.41, 5.74) is 9.05. The predicted octanol–water partition coefficient (Wildman–Crippen LogP) is 4.20. The average molecular weight is 449 g/mol. The van der Waals surface area contributed by atoms with Gasteiger partial charge in [-0.3, -0.25) is 14.4 Å². The number of carbonyl (C=O) groups is 3. The number of carbonyl (C=O) groups excluding carboxylic acids is 3. The normalized spacial score (nSPS) is 14.3. The summed E-state index contributed by atoms with van der Waals surface area (Å²) in [5.74, 6) is -0.549. The van der Waals surface area contributed by atoms with Crippen LogP contribution in [0.15, 0.2) is 60.0 Å². The number of likely N-dealkylation sites (tertiary alicyclic amines) is 1. The smallest absolute Gasteiger partial charge is 0.255 e. The highest BCUT2D eigenvalue weighted by molar-refractivity contribution is 7.13. The van der Waals surface area contributed by atoms with Crippen LogP contribution in [0.2, 0.25) is 0 Å². The maximum Gasteiger partial charge on any atom is 0.255 e. The van der Waals surface area contributed by atoms with E-state index < -0.39 is 6.04 Å². The van der Waals surface area contributed by atoms with E-state index >= 15 is 0 Å². The third kappa shape index (κ3) is 4.65. The van der Waals surface area contributed by atoms with Crippen molar-refractivity contribution in [1.29, 1.82) is 0 Å². The second kappa shape index (κ2) is 9.23. The van der Waals surface area contributed by atoms with Gasteiger partial charge < -0.3 is 21.3 Å². The molecule has 0 aliphatic carbocycles. The summed E-state index contributed by atoms with van der Waals surface area (Å²) in [4.78, 5) is 39.7. The van der Waals surface area contributed by atoms with Crippen molar-refractivity contribution in [3.63, 3.8) is 0 Å². The summed E-state index contributed by atoms with van der Waals surface area (Å²) in [5, 5.41) is 7.66. The number of nitrogens with zero attached hydrogens (tertiary/aromatic N) is 1. The highest BCUT2D eigenvalue weighted by Gasteiger charge is 2.29. The van der Waals surface area contributed by atoms with E-state index in [1.54, 1.807) is 53.5 Å². The third-order valence-corrected chi connectivity index (χ3v) is 6.40. The molecule has 32 heavy (non-hydrogen) atoms. The Labute approximate surface area is 190 Å². The highest BCUT2D eigenvalue weighted by atomic mass is 32.1. The van der Waals surface area contributed by atoms with Gasteiger partial charge in [-0.05, 0) is 66.8 Å². The summed E-state index contributed by atoms with van der Waals surface area (Å²) in [7, 11) is 0. The van der Waals surface area contributed by atoms with E-state index in [1.165, 1.54) is 0 Å². The zero-order valence-corrected chi connectivity index (χ0v) is 18.4. The molecule has 1 saturated heterocycles. The molecule has 1 fully saturated rings. The van der Waals surface area contributed by atoms with Crippen LogP contribution in [0.5, 0.6) is 0 Å². The second-order valence-electron chi connectivity index (χ2n) is 7.67. The van der Waals surface area contributed by atoms with Crippen LogP contribution in [-0.2, 0) is 9.59 Å². The van der Waals surface area contributed by atoms with Crippen LogP contribution in [0, 0.1) is 0 Å². The minimum atomic E-state index is -0.536. The Morgan fingerprint density at radius 1 is 1.09 bits per heavy atom. The molecule has 3 aromatic rings. The molecule has 1 aromatic heterocycles. The molecule has 4 N–H and O–H groups in total. The molecule has 0 bridgehead atoms. The first-order valence-electron chi connectivity index (χ1n) is 10.4. The highest BCUT2D eigenvalue weighted by Crippen LogP contribution is 2.30. The summed E-state index contributed by atoms with van der Waals surface area (Å²) in [6.07, 6.45) is 1.27. The minimum Gasteiger partial charge on any atom is -0.397 e. The van der Waals surface area contributed by atoms with Gasteiger partial charge in [0.05, 0.1) is 11.4 Å². The number of nitrogens with one attached hydrogen (secondary N) is 2. The zero-order valence-electron chi connectivity index (χ0n) is 17.6. The molecule has 0 spiro atoms. The van der Waals surface area contributed by atoms with Gasteiger partial charge in [-0.1, -0.05) is 12.1 Å². The van der Waals surface area contributed by atoms with Crippen LogP contribution in [0.25, 0.3) is 10.4 Å². The van der Waals surface area contributed by atoms with Crippen molar-refractivity contribution >= 4 is 46.1 Å². The van der Waals surface area contributed by atoms with Gasteiger partial charge in [0, 0.05) is 29.1 Å². The lowest BCUT2D eigenvalue weighted by Crippen LogP contribution is -2.42. The zero-order chi connectivity index (χ0) is 22.7. The predicted molar refractivity (Wildman–Crippen MR) is 128 cm³/mol. The third-order valence-electron chi connectivity index (χ3n) is 5.48. The van der Waals surface area contributed by atoms with Gasteiger partial charge in [0.25, 0.3) is 5.91 Å². The fraction of sp³-hybridized carbons (Fsp3) is 0.208. The number of anilines is 3. The first kappa shape index (κ1) is 21.6. The van der Waals surface area contributed by atoms with Crippen LogP contribution >= 0.6 is 11.3 Å². The van der Waals surface area contributed by atoms with E-state index in [0.29, 0.717) is 35.6 Å². The van der Waals surface area contributed by atoms with Crippen molar-refractivity contribution in [2.24, 2.45) is 0 Å². The Morgan fingerprint density at radius 2 is 1.88 bits per heavy atom. The largest absolute Gasteiger partial charge is 0.397 e. The molecular weight excluding hydrogens is 424 g/mol. The Bertz CT molecular complexity index is 1140. The Morgan fingerprint density at radius 3 is 2.53 bits per heavy atom. The first-order chi connectivity index (χ1) is 15.4. The van der Waals surface area contributed by atoms with Gasteiger partial charge in [-0.25, -0.2) is 0 Å². The van der Waals surface area contributed by atoms with Crippen molar-refractivity contribution in [2.75, 3.05) is 22.9 Å². The lowest BCUT2D eigenvalue weighted by molar-refractivity contribution is -0.134. The minimum absolute atomic E-state index is 0.00194. The van der Waals surface area contributed by atoms with Gasteiger partial charge >= 0.3 is 0 Å². The van der Waals surface area contributed by atoms with E-state index in [4.69, 9.17) is 5.73 Å². The summed E-state index contributed by atoms with van der Waals surface area (Å²) < 4.78 is 0. The lowest BCUT2D eigenvalue weighted by Gasteiger charge is -2.23. The fourth-order valence-electron chi connectivity index (χ4n) is 3.63. The molecule has 1 aliphatic heterocycles. The number of amides is 3. The molecular formula is C24H24N4O3S. The topological polar surface area (TPSA) is 105 Å². The van der Waals surface area contributed by atoms with Gasteiger partial charge in [0.2, 0.25) is 11.8 Å². The summed E-state index contributed by atoms with van der Waals surface area (Å²) in [6, 6.07) is 15.6. The standard InChI is InChI=1S/C24H24N4O3S/c1-15(28-12-2-5-22(28)29)23(30)26-18-9-6-16(7-10-18)24(31)27-20-14-17(8-11-19(20)25)21-4-3-13-32-21/h3-4,6-11,13-15H,2,5,12,25H2,1H3,(H,26,30)(H,27,31). The number of hydrogen-bond donors (Lipinski definition) is 3. The summed E-state index contributed by atoms with van der Waals surface area (Å²) >= 11 is 1.61. The van der Waals surface area contributed by atoms with Crippen molar-refractivity contribution in [2.45, 2.75) is 25.8 Å². The summed E-state index contributed by atoms with van der Waals surface area (Å²) in [6.45, 7) is 2.32. The molecule has 0 saturated carbocycles. The molecule has 3 amide bonds. The molecule has 0 radical (unpaired) electrons. The molecule has 1 atom stereocenters. The van der Waals surface area contributed by atoms with Gasteiger partial charge in [-0.15, -0.1) is 11.3 Å². The second-order valence-corrected chi connectivity index (χ2v) is 8.61. The average Bonchev–Trinajstić information content (AvgIpc) is 3.47. The Balaban J connectivity index is 1.41. The lowest BCUT2D eigenvalue weighted by atomic mass is 10.1. The van der Waals surface area contributed by atoms with E-state index in [2.05, 4.69) is 10.6 Å². The molecule has 7 nitrogen and oxygen atoms in total. The van der Waals surface area contributed by atoms with Crippen molar-refractivity contribution in [3.8, 4) is 10.4 Å². The van der Waals surface area contributed by atoms with Crippen LogP contribution in [0.4, 0.5) is 17.1 Å². The van der Waals surface area contributed by atoms with Crippen LogP contribution in [0.3, 0.4) is 0 Å². The molecule has 1 unspecified atom stereocenters. The maximum absolute atomic E-state index is 12.7. The molecule has 164 valence electrons.